The summed E-state index contributed by atoms with van der Waals surface area (Å²) in [6, 6.07) is 11.9. The lowest BCUT2D eigenvalue weighted by Gasteiger charge is -2.26. The first-order valence-corrected chi connectivity index (χ1v) is 8.90. The lowest BCUT2D eigenvalue weighted by Crippen LogP contribution is -2.37. The number of nitriles is 1. The van der Waals surface area contributed by atoms with Gasteiger partial charge in [0.25, 0.3) is 11.4 Å². The van der Waals surface area contributed by atoms with E-state index in [0.29, 0.717) is 5.56 Å². The van der Waals surface area contributed by atoms with Gasteiger partial charge in [-0.2, -0.15) is 5.26 Å². The van der Waals surface area contributed by atoms with Gasteiger partial charge < -0.3 is 10.1 Å². The largest absolute Gasteiger partial charge is 0.444 e. The molecule has 10 nitrogen and oxygen atoms in total. The SMILES string of the molecule is CC(C)(C)OC(=O)N[C@H](c1ccc([N+](=O)[O-])cc1)[C@H](C#N)c1ccccc1[N+](=O)[O-]. The zero-order chi connectivity index (χ0) is 22.5. The van der Waals surface area contributed by atoms with Crippen LogP contribution in [0.2, 0.25) is 0 Å². The number of non-ortho nitro benzene ring substituents is 1. The fourth-order valence-electron chi connectivity index (χ4n) is 2.84. The van der Waals surface area contributed by atoms with Crippen molar-refractivity contribution >= 4 is 17.5 Å². The highest BCUT2D eigenvalue weighted by Gasteiger charge is 2.33. The zero-order valence-corrected chi connectivity index (χ0v) is 16.6. The number of benzene rings is 2. The van der Waals surface area contributed by atoms with Gasteiger partial charge in [0.15, 0.2) is 0 Å². The lowest BCUT2D eigenvalue weighted by atomic mass is 9.87. The third-order valence-electron chi connectivity index (χ3n) is 4.08. The molecule has 0 aliphatic rings. The Hall–Kier alpha value is -4.00. The third-order valence-corrected chi connectivity index (χ3v) is 4.08. The molecule has 0 fully saturated rings. The van der Waals surface area contributed by atoms with E-state index in [2.05, 4.69) is 5.32 Å². The summed E-state index contributed by atoms with van der Waals surface area (Å²) >= 11 is 0. The summed E-state index contributed by atoms with van der Waals surface area (Å²) in [5, 5.41) is 34.8. The van der Waals surface area contributed by atoms with Crippen LogP contribution in [-0.4, -0.2) is 21.5 Å². The average molecular weight is 412 g/mol. The summed E-state index contributed by atoms with van der Waals surface area (Å²) in [6.45, 7) is 4.99. The van der Waals surface area contributed by atoms with Crippen molar-refractivity contribution in [3.8, 4) is 6.07 Å². The maximum absolute atomic E-state index is 12.4. The molecule has 0 unspecified atom stereocenters. The maximum Gasteiger partial charge on any atom is 0.408 e. The Morgan fingerprint density at radius 1 is 1.07 bits per heavy atom. The van der Waals surface area contributed by atoms with Crippen LogP contribution in [0.1, 0.15) is 43.9 Å². The van der Waals surface area contributed by atoms with Crippen LogP contribution in [0.3, 0.4) is 0 Å². The second kappa shape index (κ2) is 9.00. The molecule has 0 radical (unpaired) electrons. The van der Waals surface area contributed by atoms with Crippen molar-refractivity contribution in [3.05, 3.63) is 79.9 Å². The van der Waals surface area contributed by atoms with Crippen LogP contribution < -0.4 is 5.32 Å². The molecule has 0 spiro atoms. The Morgan fingerprint density at radius 2 is 1.67 bits per heavy atom. The molecule has 0 bridgehead atoms. The Labute approximate surface area is 172 Å². The standard InChI is InChI=1S/C20H20N4O6/c1-20(2,3)30-19(25)22-18(13-8-10-14(11-9-13)23(26)27)16(12-21)15-6-4-5-7-17(15)24(28)29/h4-11,16,18H,1-3H3,(H,22,25)/t16-,18-/m1/s1. The molecule has 156 valence electrons. The van der Waals surface area contributed by atoms with Gasteiger partial charge in [-0.25, -0.2) is 4.79 Å². The fourth-order valence-corrected chi connectivity index (χ4v) is 2.84. The molecule has 0 aliphatic heterocycles. The summed E-state index contributed by atoms with van der Waals surface area (Å²) in [6.07, 6.45) is -0.829. The van der Waals surface area contributed by atoms with Crippen LogP contribution in [0, 0.1) is 31.6 Å². The molecule has 10 heteroatoms. The van der Waals surface area contributed by atoms with Crippen LogP contribution in [0.5, 0.6) is 0 Å². The fraction of sp³-hybridized carbons (Fsp3) is 0.300. The quantitative estimate of drug-likeness (QED) is 0.546. The van der Waals surface area contributed by atoms with E-state index in [1.165, 1.54) is 42.5 Å². The van der Waals surface area contributed by atoms with E-state index in [-0.39, 0.29) is 16.9 Å². The van der Waals surface area contributed by atoms with E-state index in [1.807, 2.05) is 6.07 Å². The van der Waals surface area contributed by atoms with Crippen LogP contribution in [-0.2, 0) is 4.74 Å². The molecule has 1 amide bonds. The first kappa shape index (κ1) is 22.3. The van der Waals surface area contributed by atoms with Crippen molar-refractivity contribution in [3.63, 3.8) is 0 Å². The van der Waals surface area contributed by atoms with E-state index in [9.17, 15) is 30.3 Å². The number of carbonyl (C=O) groups is 1. The second-order valence-electron chi connectivity index (χ2n) is 7.40. The van der Waals surface area contributed by atoms with Crippen molar-refractivity contribution in [2.75, 3.05) is 0 Å². The predicted molar refractivity (Wildman–Crippen MR) is 107 cm³/mol. The van der Waals surface area contributed by atoms with Crippen LogP contribution in [0.15, 0.2) is 48.5 Å². The molecule has 2 aromatic rings. The monoisotopic (exact) mass is 412 g/mol. The topological polar surface area (TPSA) is 148 Å². The van der Waals surface area contributed by atoms with Crippen molar-refractivity contribution in [1.82, 2.24) is 5.32 Å². The van der Waals surface area contributed by atoms with Crippen molar-refractivity contribution in [1.29, 1.82) is 5.26 Å². The summed E-state index contributed by atoms with van der Waals surface area (Å²) in [5.74, 6) is -1.15. The number of nitrogens with one attached hydrogen (secondary N) is 1. The number of carbonyl (C=O) groups excluding carboxylic acids is 1. The van der Waals surface area contributed by atoms with E-state index in [1.54, 1.807) is 26.8 Å². The zero-order valence-electron chi connectivity index (χ0n) is 16.6. The molecule has 2 atom stereocenters. The molecule has 0 saturated carbocycles. The number of rotatable bonds is 6. The minimum Gasteiger partial charge on any atom is -0.444 e. The van der Waals surface area contributed by atoms with Crippen molar-refractivity contribution in [2.24, 2.45) is 0 Å². The number of hydrogen-bond donors (Lipinski definition) is 1. The summed E-state index contributed by atoms with van der Waals surface area (Å²) < 4.78 is 5.26. The van der Waals surface area contributed by atoms with E-state index >= 15 is 0 Å². The van der Waals surface area contributed by atoms with Crippen molar-refractivity contribution in [2.45, 2.75) is 38.3 Å². The van der Waals surface area contributed by atoms with Gasteiger partial charge in [0, 0.05) is 23.8 Å². The van der Waals surface area contributed by atoms with E-state index in [0.717, 1.165) is 0 Å². The Bertz CT molecular complexity index is 992. The minimum absolute atomic E-state index is 0.101. The normalized spacial score (nSPS) is 12.9. The molecule has 0 aliphatic carbocycles. The van der Waals surface area contributed by atoms with Crippen LogP contribution in [0.4, 0.5) is 16.2 Å². The highest BCUT2D eigenvalue weighted by atomic mass is 16.6. The van der Waals surface area contributed by atoms with E-state index < -0.39 is 33.5 Å². The Morgan fingerprint density at radius 3 is 2.17 bits per heavy atom. The number of nitro benzene ring substituents is 2. The molecule has 0 heterocycles. The summed E-state index contributed by atoms with van der Waals surface area (Å²) in [5.41, 5.74) is -0.804. The Kier molecular flexibility index (Phi) is 6.69. The lowest BCUT2D eigenvalue weighted by molar-refractivity contribution is -0.385. The van der Waals surface area contributed by atoms with Gasteiger partial charge in [0.05, 0.1) is 22.0 Å². The number of para-hydroxylation sites is 1. The maximum atomic E-state index is 12.4. The van der Waals surface area contributed by atoms with Gasteiger partial charge in [-0.05, 0) is 26.3 Å². The van der Waals surface area contributed by atoms with Gasteiger partial charge in [-0.3, -0.25) is 20.2 Å². The van der Waals surface area contributed by atoms with Gasteiger partial charge >= 0.3 is 6.09 Å². The number of alkyl carbamates (subject to hydrolysis) is 1. The number of nitrogens with zero attached hydrogens (tertiary/aromatic N) is 3. The molecular formula is C20H20N4O6. The van der Waals surface area contributed by atoms with Gasteiger partial charge in [-0.1, -0.05) is 30.3 Å². The first-order valence-electron chi connectivity index (χ1n) is 8.90. The number of nitro groups is 2. The minimum atomic E-state index is -1.15. The van der Waals surface area contributed by atoms with Gasteiger partial charge in [0.1, 0.15) is 11.5 Å². The second-order valence-corrected chi connectivity index (χ2v) is 7.40. The van der Waals surface area contributed by atoms with Gasteiger partial charge in [-0.15, -0.1) is 0 Å². The van der Waals surface area contributed by atoms with Crippen LogP contribution >= 0.6 is 0 Å². The number of ether oxygens (including phenoxy) is 1. The molecule has 30 heavy (non-hydrogen) atoms. The molecule has 0 aromatic heterocycles. The van der Waals surface area contributed by atoms with Crippen molar-refractivity contribution < 1.29 is 19.4 Å². The van der Waals surface area contributed by atoms with E-state index in [4.69, 9.17) is 4.74 Å². The summed E-state index contributed by atoms with van der Waals surface area (Å²) in [4.78, 5) is 33.6. The Balaban J connectivity index is 2.53. The molecule has 2 aromatic carbocycles. The van der Waals surface area contributed by atoms with Gasteiger partial charge in [0.2, 0.25) is 0 Å². The number of amides is 1. The predicted octanol–water partition coefficient (Wildman–Crippen LogP) is 4.38. The molecule has 1 N–H and O–H groups in total. The molecular weight excluding hydrogens is 392 g/mol. The molecule has 2 rings (SSSR count). The highest BCUT2D eigenvalue weighted by molar-refractivity contribution is 5.69. The first-order chi connectivity index (χ1) is 14.0. The van der Waals surface area contributed by atoms with Crippen LogP contribution in [0.25, 0.3) is 0 Å². The molecule has 0 saturated heterocycles. The summed E-state index contributed by atoms with van der Waals surface area (Å²) in [7, 11) is 0. The average Bonchev–Trinajstić information content (AvgIpc) is 2.66. The third kappa shape index (κ3) is 5.51. The number of hydrogen-bond acceptors (Lipinski definition) is 7. The highest BCUT2D eigenvalue weighted by Crippen LogP contribution is 2.36. The smallest absolute Gasteiger partial charge is 0.408 e.